The molecular weight excluding hydrogens is 256 g/mol. The van der Waals surface area contributed by atoms with Crippen molar-refractivity contribution in [2.24, 2.45) is 0 Å². The second-order valence-corrected chi connectivity index (χ2v) is 4.08. The number of carbonyl (C=O) groups is 1. The van der Waals surface area contributed by atoms with Gasteiger partial charge in [0.05, 0.1) is 12.7 Å². The minimum atomic E-state index is -1.05. The van der Waals surface area contributed by atoms with Crippen LogP contribution in [0.2, 0.25) is 5.15 Å². The summed E-state index contributed by atoms with van der Waals surface area (Å²) in [6.07, 6.45) is 4.04. The molecule has 2 rings (SSSR count). The number of carboxylic acid groups (broad SMARTS) is 1. The lowest BCUT2D eigenvalue weighted by Crippen LogP contribution is -2.19. The third-order valence-electron chi connectivity index (χ3n) is 2.26. The van der Waals surface area contributed by atoms with Gasteiger partial charge in [0.2, 0.25) is 0 Å². The first kappa shape index (κ1) is 12.4. The molecule has 0 saturated heterocycles. The van der Waals surface area contributed by atoms with Crippen LogP contribution in [-0.2, 0) is 13.1 Å². The van der Waals surface area contributed by atoms with Crippen molar-refractivity contribution in [3.8, 4) is 0 Å². The van der Waals surface area contributed by atoms with E-state index in [9.17, 15) is 4.79 Å². The maximum Gasteiger partial charge on any atom is 0.404 e. The average molecular weight is 267 g/mol. The van der Waals surface area contributed by atoms with Crippen molar-refractivity contribution in [3.63, 3.8) is 0 Å². The molecule has 0 bridgehead atoms. The topological polar surface area (TPSA) is 80.0 Å². The van der Waals surface area contributed by atoms with Crippen LogP contribution in [0.25, 0.3) is 0 Å². The minimum Gasteiger partial charge on any atom is -0.465 e. The van der Waals surface area contributed by atoms with Gasteiger partial charge in [0, 0.05) is 24.5 Å². The second-order valence-electron chi connectivity index (χ2n) is 3.69. The summed E-state index contributed by atoms with van der Waals surface area (Å²) in [5.41, 5.74) is 1.78. The fourth-order valence-corrected chi connectivity index (χ4v) is 1.56. The Kier molecular flexibility index (Phi) is 3.78. The largest absolute Gasteiger partial charge is 0.465 e. The molecule has 94 valence electrons. The number of rotatable bonds is 4. The lowest BCUT2D eigenvalue weighted by Gasteiger charge is -2.01. The van der Waals surface area contributed by atoms with E-state index in [0.29, 0.717) is 11.7 Å². The monoisotopic (exact) mass is 266 g/mol. The lowest BCUT2D eigenvalue weighted by atomic mass is 10.3. The predicted molar refractivity (Wildman–Crippen MR) is 65.4 cm³/mol. The van der Waals surface area contributed by atoms with Gasteiger partial charge in [-0.1, -0.05) is 17.7 Å². The highest BCUT2D eigenvalue weighted by atomic mass is 35.5. The molecule has 0 spiro atoms. The highest BCUT2D eigenvalue weighted by Gasteiger charge is 2.02. The van der Waals surface area contributed by atoms with Crippen LogP contribution in [0.1, 0.15) is 11.1 Å². The molecule has 2 aromatic heterocycles. The quantitative estimate of drug-likeness (QED) is 0.826. The van der Waals surface area contributed by atoms with Crippen molar-refractivity contribution in [2.45, 2.75) is 13.1 Å². The summed E-state index contributed by atoms with van der Waals surface area (Å²) < 4.78 is 1.71. The standard InChI is InChI=1S/C11H11ClN4O2/c12-10-2-1-8(3-13-10)6-16-7-9(5-15-16)4-14-11(17)18/h1-3,5,7,14H,4,6H2,(H,17,18). The van der Waals surface area contributed by atoms with Crippen LogP contribution >= 0.6 is 11.6 Å². The summed E-state index contributed by atoms with van der Waals surface area (Å²) in [6.45, 7) is 0.811. The molecule has 0 aliphatic heterocycles. The Morgan fingerprint density at radius 1 is 1.39 bits per heavy atom. The van der Waals surface area contributed by atoms with Crippen LogP contribution < -0.4 is 5.32 Å². The van der Waals surface area contributed by atoms with Crippen LogP contribution in [0.3, 0.4) is 0 Å². The summed E-state index contributed by atoms with van der Waals surface area (Å²) in [5, 5.41) is 15.3. The molecular formula is C11H11ClN4O2. The third-order valence-corrected chi connectivity index (χ3v) is 2.49. The van der Waals surface area contributed by atoms with Crippen molar-refractivity contribution in [1.82, 2.24) is 20.1 Å². The summed E-state index contributed by atoms with van der Waals surface area (Å²) >= 11 is 5.69. The van der Waals surface area contributed by atoms with Gasteiger partial charge in [0.25, 0.3) is 0 Å². The molecule has 2 N–H and O–H groups in total. The van der Waals surface area contributed by atoms with Crippen molar-refractivity contribution in [2.75, 3.05) is 0 Å². The van der Waals surface area contributed by atoms with E-state index in [0.717, 1.165) is 11.1 Å². The second kappa shape index (κ2) is 5.50. The smallest absolute Gasteiger partial charge is 0.404 e. The maximum absolute atomic E-state index is 10.3. The number of aromatic nitrogens is 3. The van der Waals surface area contributed by atoms with Crippen LogP contribution in [0, 0.1) is 0 Å². The Balaban J connectivity index is 1.97. The van der Waals surface area contributed by atoms with Gasteiger partial charge >= 0.3 is 6.09 Å². The van der Waals surface area contributed by atoms with E-state index in [1.165, 1.54) is 0 Å². The number of halogens is 1. The van der Waals surface area contributed by atoms with Gasteiger partial charge in [0.1, 0.15) is 5.15 Å². The number of nitrogens with zero attached hydrogens (tertiary/aromatic N) is 3. The van der Waals surface area contributed by atoms with Crippen LogP contribution in [0.15, 0.2) is 30.7 Å². The molecule has 2 aromatic rings. The van der Waals surface area contributed by atoms with E-state index in [4.69, 9.17) is 16.7 Å². The Bertz CT molecular complexity index is 538. The summed E-state index contributed by atoms with van der Waals surface area (Å²) in [5.74, 6) is 0. The van der Waals surface area contributed by atoms with E-state index < -0.39 is 6.09 Å². The molecule has 1 amide bonds. The first-order chi connectivity index (χ1) is 8.63. The Morgan fingerprint density at radius 3 is 2.89 bits per heavy atom. The molecule has 6 nitrogen and oxygen atoms in total. The molecule has 0 saturated carbocycles. The van der Waals surface area contributed by atoms with Gasteiger partial charge in [-0.25, -0.2) is 9.78 Å². The van der Waals surface area contributed by atoms with Crippen molar-refractivity contribution in [1.29, 1.82) is 0 Å². The van der Waals surface area contributed by atoms with Gasteiger partial charge < -0.3 is 10.4 Å². The summed E-state index contributed by atoms with van der Waals surface area (Å²) in [6, 6.07) is 3.58. The molecule has 0 aliphatic carbocycles. The third kappa shape index (κ3) is 3.46. The van der Waals surface area contributed by atoms with E-state index in [-0.39, 0.29) is 6.54 Å². The summed E-state index contributed by atoms with van der Waals surface area (Å²) in [7, 11) is 0. The molecule has 7 heteroatoms. The van der Waals surface area contributed by atoms with Gasteiger partial charge in [-0.2, -0.15) is 5.10 Å². The number of nitrogens with one attached hydrogen (secondary N) is 1. The molecule has 0 radical (unpaired) electrons. The molecule has 0 aromatic carbocycles. The first-order valence-electron chi connectivity index (χ1n) is 5.22. The zero-order chi connectivity index (χ0) is 13.0. The Morgan fingerprint density at radius 2 is 2.22 bits per heavy atom. The zero-order valence-electron chi connectivity index (χ0n) is 9.38. The fraction of sp³-hybridized carbons (Fsp3) is 0.182. The van der Waals surface area contributed by atoms with Gasteiger partial charge in [0.15, 0.2) is 0 Å². The molecule has 0 fully saturated rings. The molecule has 0 aliphatic rings. The fourth-order valence-electron chi connectivity index (χ4n) is 1.45. The van der Waals surface area contributed by atoms with Crippen LogP contribution in [0.4, 0.5) is 4.79 Å². The van der Waals surface area contributed by atoms with E-state index in [1.807, 2.05) is 6.07 Å². The predicted octanol–water partition coefficient (Wildman–Crippen LogP) is 1.75. The highest BCUT2D eigenvalue weighted by molar-refractivity contribution is 6.29. The number of hydrogen-bond acceptors (Lipinski definition) is 3. The normalized spacial score (nSPS) is 10.3. The molecule has 18 heavy (non-hydrogen) atoms. The molecule has 0 atom stereocenters. The Hall–Kier alpha value is -2.08. The number of hydrogen-bond donors (Lipinski definition) is 2. The zero-order valence-corrected chi connectivity index (χ0v) is 10.1. The van der Waals surface area contributed by atoms with E-state index >= 15 is 0 Å². The van der Waals surface area contributed by atoms with Gasteiger partial charge in [-0.3, -0.25) is 4.68 Å². The van der Waals surface area contributed by atoms with Crippen molar-refractivity contribution >= 4 is 17.7 Å². The number of amides is 1. The minimum absolute atomic E-state index is 0.244. The van der Waals surface area contributed by atoms with Crippen molar-refractivity contribution in [3.05, 3.63) is 47.0 Å². The molecule has 0 unspecified atom stereocenters. The first-order valence-corrected chi connectivity index (χ1v) is 5.60. The average Bonchev–Trinajstić information content (AvgIpc) is 2.77. The SMILES string of the molecule is O=C(O)NCc1cnn(Cc2ccc(Cl)nc2)c1. The van der Waals surface area contributed by atoms with Crippen LogP contribution in [0.5, 0.6) is 0 Å². The van der Waals surface area contributed by atoms with Crippen LogP contribution in [-0.4, -0.2) is 26.0 Å². The van der Waals surface area contributed by atoms with Gasteiger partial charge in [-0.05, 0) is 11.6 Å². The molecule has 2 heterocycles. The number of pyridine rings is 1. The Labute approximate surface area is 108 Å². The summed E-state index contributed by atoms with van der Waals surface area (Å²) in [4.78, 5) is 14.3. The van der Waals surface area contributed by atoms with Gasteiger partial charge in [-0.15, -0.1) is 0 Å². The highest BCUT2D eigenvalue weighted by Crippen LogP contribution is 2.07. The lowest BCUT2D eigenvalue weighted by molar-refractivity contribution is 0.194. The van der Waals surface area contributed by atoms with Crippen molar-refractivity contribution < 1.29 is 9.90 Å². The van der Waals surface area contributed by atoms with E-state index in [2.05, 4.69) is 15.4 Å². The van der Waals surface area contributed by atoms with E-state index in [1.54, 1.807) is 29.3 Å². The maximum atomic E-state index is 10.3.